The zero-order chi connectivity index (χ0) is 19.4. The van der Waals surface area contributed by atoms with Gasteiger partial charge in [-0.2, -0.15) is 0 Å². The van der Waals surface area contributed by atoms with Crippen LogP contribution in [0.2, 0.25) is 0 Å². The van der Waals surface area contributed by atoms with Crippen LogP contribution in [0.15, 0.2) is 77.2 Å². The van der Waals surface area contributed by atoms with Gasteiger partial charge in [0.15, 0.2) is 0 Å². The zero-order valence-corrected chi connectivity index (χ0v) is 16.4. The Balaban J connectivity index is 1.37. The lowest BCUT2D eigenvalue weighted by Gasteiger charge is -2.44. The van der Waals surface area contributed by atoms with Gasteiger partial charge < -0.3 is 9.52 Å². The molecule has 2 fully saturated rings. The highest BCUT2D eigenvalue weighted by atomic mass is 16.3. The van der Waals surface area contributed by atoms with E-state index in [0.717, 1.165) is 59.7 Å². The lowest BCUT2D eigenvalue weighted by molar-refractivity contribution is -0.0589. The molecule has 3 nitrogen and oxygen atoms in total. The number of hydrogen-bond donors (Lipinski definition) is 1. The molecule has 2 atom stereocenters. The lowest BCUT2D eigenvalue weighted by Crippen LogP contribution is -2.49. The van der Waals surface area contributed by atoms with Crippen LogP contribution in [-0.2, 0) is 12.1 Å². The molecule has 1 N–H and O–H groups in total. The van der Waals surface area contributed by atoms with Gasteiger partial charge in [0, 0.05) is 35.0 Å². The maximum atomic E-state index is 11.8. The Labute approximate surface area is 170 Å². The van der Waals surface area contributed by atoms with E-state index in [1.165, 1.54) is 5.56 Å². The highest BCUT2D eigenvalue weighted by molar-refractivity contribution is 6.06. The average Bonchev–Trinajstić information content (AvgIpc) is 3.24. The summed E-state index contributed by atoms with van der Waals surface area (Å²) in [6.45, 7) is 0.973. The second-order valence-corrected chi connectivity index (χ2v) is 8.76. The fourth-order valence-electron chi connectivity index (χ4n) is 5.70. The first kappa shape index (κ1) is 17.3. The van der Waals surface area contributed by atoms with E-state index in [4.69, 9.17) is 4.42 Å². The molecular weight excluding hydrogens is 358 g/mol. The molecule has 3 aromatic carbocycles. The van der Waals surface area contributed by atoms with Gasteiger partial charge in [-0.3, -0.25) is 4.90 Å². The topological polar surface area (TPSA) is 36.6 Å². The number of hydrogen-bond acceptors (Lipinski definition) is 3. The van der Waals surface area contributed by atoms with Crippen molar-refractivity contribution in [1.29, 1.82) is 0 Å². The number of fused-ring (bicyclic) bond motifs is 5. The number of aliphatic hydroxyl groups is 1. The van der Waals surface area contributed by atoms with E-state index in [0.29, 0.717) is 12.1 Å². The normalized spacial score (nSPS) is 27.1. The molecule has 2 saturated heterocycles. The van der Waals surface area contributed by atoms with Crippen molar-refractivity contribution < 1.29 is 9.52 Å². The third kappa shape index (κ3) is 2.72. The van der Waals surface area contributed by atoms with Crippen molar-refractivity contribution in [1.82, 2.24) is 4.90 Å². The standard InChI is InChI=1S/C26H25NO2/c28-26(23-11-6-10-22-21-9-4-5-12-24(21)29-25(22)23)15-19-13-14-20(16-26)27(19)17-18-7-2-1-3-8-18/h1-12,19-20,28H,13-17H2. The van der Waals surface area contributed by atoms with E-state index in [1.54, 1.807) is 0 Å². The van der Waals surface area contributed by atoms with Crippen LogP contribution in [0.25, 0.3) is 21.9 Å². The number of nitrogens with zero attached hydrogens (tertiary/aromatic N) is 1. The molecule has 2 unspecified atom stereocenters. The van der Waals surface area contributed by atoms with Gasteiger partial charge in [-0.1, -0.05) is 66.7 Å². The van der Waals surface area contributed by atoms with Gasteiger partial charge in [0.25, 0.3) is 0 Å². The molecule has 2 bridgehead atoms. The van der Waals surface area contributed by atoms with Crippen LogP contribution < -0.4 is 0 Å². The summed E-state index contributed by atoms with van der Waals surface area (Å²) in [4.78, 5) is 2.61. The molecule has 29 heavy (non-hydrogen) atoms. The van der Waals surface area contributed by atoms with Crippen LogP contribution in [0.3, 0.4) is 0 Å². The van der Waals surface area contributed by atoms with Crippen LogP contribution in [0.4, 0.5) is 0 Å². The summed E-state index contributed by atoms with van der Waals surface area (Å²) in [6.07, 6.45) is 3.87. The monoisotopic (exact) mass is 383 g/mol. The van der Waals surface area contributed by atoms with Gasteiger partial charge in [-0.05, 0) is 37.3 Å². The summed E-state index contributed by atoms with van der Waals surface area (Å²) in [6, 6.07) is 25.9. The maximum absolute atomic E-state index is 11.8. The first-order chi connectivity index (χ1) is 14.2. The minimum Gasteiger partial charge on any atom is -0.456 e. The first-order valence-electron chi connectivity index (χ1n) is 10.6. The van der Waals surface area contributed by atoms with Crippen molar-refractivity contribution in [3.8, 4) is 0 Å². The molecule has 2 aliphatic rings. The number of furan rings is 1. The molecular formula is C26H25NO2. The smallest absolute Gasteiger partial charge is 0.141 e. The second-order valence-electron chi connectivity index (χ2n) is 8.76. The Bertz CT molecular complexity index is 1170. The van der Waals surface area contributed by atoms with E-state index in [1.807, 2.05) is 18.2 Å². The highest BCUT2D eigenvalue weighted by Gasteiger charge is 2.49. The average molecular weight is 383 g/mol. The van der Waals surface area contributed by atoms with E-state index in [9.17, 15) is 5.11 Å². The molecule has 3 heteroatoms. The second kappa shape index (κ2) is 6.45. The minimum atomic E-state index is -0.827. The van der Waals surface area contributed by atoms with Crippen LogP contribution in [0.5, 0.6) is 0 Å². The van der Waals surface area contributed by atoms with Crippen LogP contribution in [0.1, 0.15) is 36.8 Å². The molecule has 4 aromatic rings. The van der Waals surface area contributed by atoms with Crippen LogP contribution in [-0.4, -0.2) is 22.1 Å². The Kier molecular flexibility index (Phi) is 3.84. The first-order valence-corrected chi connectivity index (χ1v) is 10.6. The molecule has 0 radical (unpaired) electrons. The predicted octanol–water partition coefficient (Wildman–Crippen LogP) is 5.60. The Morgan fingerprint density at radius 3 is 2.31 bits per heavy atom. The van der Waals surface area contributed by atoms with Gasteiger partial charge in [0.05, 0.1) is 5.60 Å². The Morgan fingerprint density at radius 2 is 1.52 bits per heavy atom. The van der Waals surface area contributed by atoms with Gasteiger partial charge in [-0.25, -0.2) is 0 Å². The van der Waals surface area contributed by atoms with Gasteiger partial charge >= 0.3 is 0 Å². The zero-order valence-electron chi connectivity index (χ0n) is 16.4. The number of rotatable bonds is 3. The minimum absolute atomic E-state index is 0.415. The van der Waals surface area contributed by atoms with E-state index >= 15 is 0 Å². The third-order valence-corrected chi connectivity index (χ3v) is 7.03. The summed E-state index contributed by atoms with van der Waals surface area (Å²) in [5, 5.41) is 14.1. The molecule has 0 spiro atoms. The summed E-state index contributed by atoms with van der Waals surface area (Å²) in [7, 11) is 0. The van der Waals surface area contributed by atoms with Crippen LogP contribution in [0, 0.1) is 0 Å². The lowest BCUT2D eigenvalue weighted by atomic mass is 9.79. The molecule has 2 aliphatic heterocycles. The fourth-order valence-corrected chi connectivity index (χ4v) is 5.70. The summed E-state index contributed by atoms with van der Waals surface area (Å²) >= 11 is 0. The predicted molar refractivity (Wildman–Crippen MR) is 116 cm³/mol. The highest BCUT2D eigenvalue weighted by Crippen LogP contribution is 2.48. The van der Waals surface area contributed by atoms with Crippen molar-refractivity contribution in [2.24, 2.45) is 0 Å². The van der Waals surface area contributed by atoms with Crippen LogP contribution >= 0.6 is 0 Å². The molecule has 1 aromatic heterocycles. The Hall–Kier alpha value is -2.62. The van der Waals surface area contributed by atoms with Crippen molar-refractivity contribution in [2.75, 3.05) is 0 Å². The summed E-state index contributed by atoms with van der Waals surface area (Å²) < 4.78 is 6.24. The molecule has 0 saturated carbocycles. The third-order valence-electron chi connectivity index (χ3n) is 7.03. The van der Waals surface area contributed by atoms with Gasteiger partial charge in [0.2, 0.25) is 0 Å². The largest absolute Gasteiger partial charge is 0.456 e. The molecule has 0 aliphatic carbocycles. The van der Waals surface area contributed by atoms with Crippen molar-refractivity contribution in [3.05, 3.63) is 83.9 Å². The number of piperidine rings is 1. The number of benzene rings is 3. The van der Waals surface area contributed by atoms with E-state index < -0.39 is 5.60 Å². The Morgan fingerprint density at radius 1 is 0.828 bits per heavy atom. The molecule has 146 valence electrons. The van der Waals surface area contributed by atoms with Crippen molar-refractivity contribution in [3.63, 3.8) is 0 Å². The van der Waals surface area contributed by atoms with E-state index in [2.05, 4.69) is 59.5 Å². The van der Waals surface area contributed by atoms with Crippen molar-refractivity contribution >= 4 is 21.9 Å². The molecule has 6 rings (SSSR count). The van der Waals surface area contributed by atoms with Crippen molar-refractivity contribution in [2.45, 2.75) is 49.9 Å². The molecule has 3 heterocycles. The number of para-hydroxylation sites is 2. The maximum Gasteiger partial charge on any atom is 0.141 e. The fraction of sp³-hybridized carbons (Fsp3) is 0.308. The van der Waals surface area contributed by atoms with Gasteiger partial charge in [-0.15, -0.1) is 0 Å². The van der Waals surface area contributed by atoms with Gasteiger partial charge in [0.1, 0.15) is 11.2 Å². The van der Waals surface area contributed by atoms with E-state index in [-0.39, 0.29) is 0 Å². The summed E-state index contributed by atoms with van der Waals surface area (Å²) in [5.74, 6) is 0. The summed E-state index contributed by atoms with van der Waals surface area (Å²) in [5.41, 5.74) is 3.23. The molecule has 0 amide bonds. The quantitative estimate of drug-likeness (QED) is 0.500. The SMILES string of the molecule is OC1(c2cccc3c2oc2ccccc23)CC2CCC(C1)N2Cc1ccccc1.